The molecule has 1 aromatic heterocycles. The van der Waals surface area contributed by atoms with E-state index in [0.29, 0.717) is 30.6 Å². The maximum Gasteiger partial charge on any atom is 0.158 e. The molecule has 1 aromatic carbocycles. The highest BCUT2D eigenvalue weighted by molar-refractivity contribution is 5.45. The number of anilines is 2. The van der Waals surface area contributed by atoms with Crippen LogP contribution in [0.2, 0.25) is 0 Å². The Bertz CT molecular complexity index is 545. The van der Waals surface area contributed by atoms with Crippen LogP contribution < -0.4 is 11.1 Å². The summed E-state index contributed by atoms with van der Waals surface area (Å²) in [5.41, 5.74) is 6.63. The van der Waals surface area contributed by atoms with Crippen LogP contribution in [0.25, 0.3) is 0 Å². The Morgan fingerprint density at radius 3 is 2.68 bits per heavy atom. The second kappa shape index (κ2) is 6.10. The lowest BCUT2D eigenvalue weighted by Crippen LogP contribution is -2.07. The van der Waals surface area contributed by atoms with E-state index in [0.717, 1.165) is 5.56 Å². The average molecular weight is 262 g/mol. The molecule has 0 fully saturated rings. The normalized spacial score (nSPS) is 10.4. The van der Waals surface area contributed by atoms with Gasteiger partial charge in [0.1, 0.15) is 24.1 Å². The summed E-state index contributed by atoms with van der Waals surface area (Å²) in [6.07, 6.45) is 0. The molecule has 100 valence electrons. The van der Waals surface area contributed by atoms with E-state index in [2.05, 4.69) is 15.3 Å². The highest BCUT2D eigenvalue weighted by atomic mass is 19.1. The second-order valence-corrected chi connectivity index (χ2v) is 4.01. The average Bonchev–Trinajstić information content (AvgIpc) is 2.38. The van der Waals surface area contributed by atoms with Gasteiger partial charge in [0, 0.05) is 19.7 Å². The Hall–Kier alpha value is -2.21. The van der Waals surface area contributed by atoms with Crippen molar-refractivity contribution in [1.29, 1.82) is 0 Å². The first-order valence-electron chi connectivity index (χ1n) is 5.78. The molecule has 0 aliphatic rings. The van der Waals surface area contributed by atoms with Crippen LogP contribution >= 0.6 is 0 Å². The van der Waals surface area contributed by atoms with Gasteiger partial charge >= 0.3 is 0 Å². The van der Waals surface area contributed by atoms with Crippen molar-refractivity contribution in [1.82, 2.24) is 9.97 Å². The molecule has 0 unspecified atom stereocenters. The minimum atomic E-state index is -0.252. The topological polar surface area (TPSA) is 73.1 Å². The molecule has 0 saturated heterocycles. The summed E-state index contributed by atoms with van der Waals surface area (Å²) >= 11 is 0. The number of hydrogen-bond donors (Lipinski definition) is 2. The number of hydrogen-bond acceptors (Lipinski definition) is 5. The molecule has 2 rings (SSSR count). The van der Waals surface area contributed by atoms with Gasteiger partial charge in [-0.05, 0) is 17.7 Å². The Morgan fingerprint density at radius 2 is 2.00 bits per heavy atom. The predicted octanol–water partition coefficient (Wildman–Crippen LogP) is 1.96. The maximum atomic E-state index is 12.8. The van der Waals surface area contributed by atoms with Crippen molar-refractivity contribution in [2.45, 2.75) is 13.2 Å². The summed E-state index contributed by atoms with van der Waals surface area (Å²) in [6.45, 7) is 0.833. The van der Waals surface area contributed by atoms with Crippen LogP contribution in [0, 0.1) is 5.82 Å². The molecule has 0 radical (unpaired) electrons. The lowest BCUT2D eigenvalue weighted by molar-refractivity contribution is 0.178. The van der Waals surface area contributed by atoms with E-state index in [1.54, 1.807) is 25.3 Å². The van der Waals surface area contributed by atoms with Crippen LogP contribution in [-0.2, 0) is 17.9 Å². The van der Waals surface area contributed by atoms with E-state index in [-0.39, 0.29) is 5.82 Å². The van der Waals surface area contributed by atoms with E-state index in [9.17, 15) is 4.39 Å². The molecule has 0 bridgehead atoms. The Morgan fingerprint density at radius 1 is 1.26 bits per heavy atom. The molecule has 6 heteroatoms. The Kier molecular flexibility index (Phi) is 4.25. The molecule has 0 aliphatic carbocycles. The number of methoxy groups -OCH3 is 1. The van der Waals surface area contributed by atoms with Crippen molar-refractivity contribution in [3.05, 3.63) is 47.5 Å². The van der Waals surface area contributed by atoms with E-state index < -0.39 is 0 Å². The van der Waals surface area contributed by atoms with Crippen molar-refractivity contribution in [3.63, 3.8) is 0 Å². The standard InChI is InChI=1S/C13H15FN4O/c1-19-8-13-17-11(15)6-12(18-13)16-7-9-2-4-10(14)5-3-9/h2-6H,7-8H2,1H3,(H3,15,16,17,18). The van der Waals surface area contributed by atoms with E-state index in [4.69, 9.17) is 10.5 Å². The SMILES string of the molecule is COCc1nc(N)cc(NCc2ccc(F)cc2)n1. The van der Waals surface area contributed by atoms with Crippen LogP contribution in [0.15, 0.2) is 30.3 Å². The van der Waals surface area contributed by atoms with Gasteiger partial charge in [0.15, 0.2) is 5.82 Å². The summed E-state index contributed by atoms with van der Waals surface area (Å²) in [5, 5.41) is 3.11. The maximum absolute atomic E-state index is 12.8. The van der Waals surface area contributed by atoms with E-state index in [1.165, 1.54) is 12.1 Å². The number of nitrogens with one attached hydrogen (secondary N) is 1. The quantitative estimate of drug-likeness (QED) is 0.861. The zero-order chi connectivity index (χ0) is 13.7. The number of ether oxygens (including phenoxy) is 1. The van der Waals surface area contributed by atoms with Gasteiger partial charge in [-0.1, -0.05) is 12.1 Å². The van der Waals surface area contributed by atoms with E-state index in [1.807, 2.05) is 0 Å². The first kappa shape index (κ1) is 13.2. The lowest BCUT2D eigenvalue weighted by Gasteiger charge is -2.08. The van der Waals surface area contributed by atoms with Crippen molar-refractivity contribution in [3.8, 4) is 0 Å². The first-order valence-corrected chi connectivity index (χ1v) is 5.78. The van der Waals surface area contributed by atoms with Crippen molar-refractivity contribution in [2.24, 2.45) is 0 Å². The van der Waals surface area contributed by atoms with Crippen molar-refractivity contribution >= 4 is 11.6 Å². The second-order valence-electron chi connectivity index (χ2n) is 4.01. The highest BCUT2D eigenvalue weighted by Gasteiger charge is 2.02. The summed E-state index contributed by atoms with van der Waals surface area (Å²) in [7, 11) is 1.57. The molecule has 1 heterocycles. The van der Waals surface area contributed by atoms with Gasteiger partial charge in [-0.25, -0.2) is 14.4 Å². The molecule has 19 heavy (non-hydrogen) atoms. The molecular weight excluding hydrogens is 247 g/mol. The minimum absolute atomic E-state index is 0.252. The molecule has 0 amide bonds. The predicted molar refractivity (Wildman–Crippen MR) is 70.9 cm³/mol. The summed E-state index contributed by atoms with van der Waals surface area (Å²) in [4.78, 5) is 8.30. The molecule has 3 N–H and O–H groups in total. The smallest absolute Gasteiger partial charge is 0.158 e. The fourth-order valence-corrected chi connectivity index (χ4v) is 1.60. The number of nitrogen functional groups attached to an aromatic ring is 1. The van der Waals surface area contributed by atoms with Crippen LogP contribution in [0.4, 0.5) is 16.0 Å². The van der Waals surface area contributed by atoms with Gasteiger partial charge in [-0.15, -0.1) is 0 Å². The van der Waals surface area contributed by atoms with Gasteiger partial charge < -0.3 is 15.8 Å². The van der Waals surface area contributed by atoms with Crippen LogP contribution in [0.3, 0.4) is 0 Å². The summed E-state index contributed by atoms with van der Waals surface area (Å²) < 4.78 is 17.7. The number of rotatable bonds is 5. The van der Waals surface area contributed by atoms with Crippen LogP contribution in [0.1, 0.15) is 11.4 Å². The molecule has 0 atom stereocenters. The van der Waals surface area contributed by atoms with Crippen LogP contribution in [0.5, 0.6) is 0 Å². The Balaban J connectivity index is 2.04. The largest absolute Gasteiger partial charge is 0.384 e. The fraction of sp³-hybridized carbons (Fsp3) is 0.231. The number of aromatic nitrogens is 2. The first-order chi connectivity index (χ1) is 9.17. The third-order valence-corrected chi connectivity index (χ3v) is 2.45. The van der Waals surface area contributed by atoms with Gasteiger partial charge in [-0.2, -0.15) is 0 Å². The molecule has 0 spiro atoms. The zero-order valence-electron chi connectivity index (χ0n) is 10.6. The van der Waals surface area contributed by atoms with Gasteiger partial charge in [-0.3, -0.25) is 0 Å². The number of nitrogens with two attached hydrogens (primary N) is 1. The van der Waals surface area contributed by atoms with Gasteiger partial charge in [0.05, 0.1) is 0 Å². The number of halogens is 1. The zero-order valence-corrected chi connectivity index (χ0v) is 10.6. The number of nitrogens with zero attached hydrogens (tertiary/aromatic N) is 2. The molecular formula is C13H15FN4O. The lowest BCUT2D eigenvalue weighted by atomic mass is 10.2. The number of benzene rings is 1. The third-order valence-electron chi connectivity index (χ3n) is 2.45. The molecule has 0 aliphatic heterocycles. The van der Waals surface area contributed by atoms with Gasteiger partial charge in [0.25, 0.3) is 0 Å². The van der Waals surface area contributed by atoms with Crippen molar-refractivity contribution < 1.29 is 9.13 Å². The van der Waals surface area contributed by atoms with Crippen LogP contribution in [-0.4, -0.2) is 17.1 Å². The molecule has 0 saturated carbocycles. The monoisotopic (exact) mass is 262 g/mol. The highest BCUT2D eigenvalue weighted by Crippen LogP contribution is 2.11. The summed E-state index contributed by atoms with van der Waals surface area (Å²) in [5.74, 6) is 1.26. The van der Waals surface area contributed by atoms with Crippen molar-refractivity contribution in [2.75, 3.05) is 18.2 Å². The minimum Gasteiger partial charge on any atom is -0.384 e. The molecule has 2 aromatic rings. The fourth-order valence-electron chi connectivity index (χ4n) is 1.60. The molecule has 5 nitrogen and oxygen atoms in total. The van der Waals surface area contributed by atoms with Gasteiger partial charge in [0.2, 0.25) is 0 Å². The Labute approximate surface area is 110 Å². The van der Waals surface area contributed by atoms with E-state index >= 15 is 0 Å². The third kappa shape index (κ3) is 3.89. The summed E-state index contributed by atoms with van der Waals surface area (Å²) in [6, 6.07) is 7.90.